The first-order chi connectivity index (χ1) is 9.22. The highest BCUT2D eigenvalue weighted by Gasteiger charge is 2.38. The summed E-state index contributed by atoms with van der Waals surface area (Å²) < 4.78 is 13.0. The van der Waals surface area contributed by atoms with Crippen LogP contribution in [-0.4, -0.2) is 13.1 Å². The highest BCUT2D eigenvalue weighted by atomic mass is 19.1. The average molecular weight is 261 g/mol. The van der Waals surface area contributed by atoms with E-state index in [1.54, 1.807) is 12.1 Å². The molecule has 3 atom stereocenters. The number of rotatable bonds is 5. The normalized spacial score (nSPS) is 29.1. The van der Waals surface area contributed by atoms with Crippen molar-refractivity contribution in [3.05, 3.63) is 35.1 Å². The van der Waals surface area contributed by atoms with Crippen molar-refractivity contribution in [2.45, 2.75) is 39.0 Å². The van der Waals surface area contributed by atoms with E-state index in [1.165, 1.54) is 37.8 Å². The van der Waals surface area contributed by atoms with E-state index in [9.17, 15) is 4.39 Å². The van der Waals surface area contributed by atoms with Crippen LogP contribution in [0.3, 0.4) is 0 Å². The molecule has 0 amide bonds. The van der Waals surface area contributed by atoms with Crippen LogP contribution in [0.4, 0.5) is 4.39 Å². The summed E-state index contributed by atoms with van der Waals surface area (Å²) in [7, 11) is 0. The largest absolute Gasteiger partial charge is 0.316 e. The maximum atomic E-state index is 13.0. The fourth-order valence-electron chi connectivity index (χ4n) is 4.08. The molecule has 0 heterocycles. The van der Waals surface area contributed by atoms with Crippen molar-refractivity contribution in [2.24, 2.45) is 17.8 Å². The number of halogens is 1. The first-order valence-corrected chi connectivity index (χ1v) is 7.68. The summed E-state index contributed by atoms with van der Waals surface area (Å²) in [6.45, 7) is 4.19. The molecule has 0 aromatic heterocycles. The number of fused-ring (bicyclic) bond motifs is 2. The van der Waals surface area contributed by atoms with Gasteiger partial charge in [-0.05, 0) is 86.7 Å². The third-order valence-corrected chi connectivity index (χ3v) is 5.17. The minimum absolute atomic E-state index is 0.129. The third kappa shape index (κ3) is 3.00. The van der Waals surface area contributed by atoms with Gasteiger partial charge >= 0.3 is 0 Å². The van der Waals surface area contributed by atoms with Gasteiger partial charge in [0, 0.05) is 0 Å². The van der Waals surface area contributed by atoms with Crippen molar-refractivity contribution in [1.29, 1.82) is 0 Å². The maximum Gasteiger partial charge on any atom is 0.123 e. The van der Waals surface area contributed by atoms with Gasteiger partial charge in [0.2, 0.25) is 0 Å². The summed E-state index contributed by atoms with van der Waals surface area (Å²) >= 11 is 0. The van der Waals surface area contributed by atoms with Gasteiger partial charge in [-0.2, -0.15) is 0 Å². The topological polar surface area (TPSA) is 12.0 Å². The number of nitrogens with one attached hydrogen (secondary N) is 1. The minimum atomic E-state index is -0.129. The zero-order valence-corrected chi connectivity index (χ0v) is 11.8. The van der Waals surface area contributed by atoms with E-state index in [0.717, 1.165) is 36.3 Å². The Morgan fingerprint density at radius 1 is 1.26 bits per heavy atom. The van der Waals surface area contributed by atoms with E-state index < -0.39 is 0 Å². The van der Waals surface area contributed by atoms with Crippen LogP contribution >= 0.6 is 0 Å². The molecular weight excluding hydrogens is 237 g/mol. The number of benzene rings is 1. The third-order valence-electron chi connectivity index (χ3n) is 5.17. The average Bonchev–Trinajstić information content (AvgIpc) is 2.99. The quantitative estimate of drug-likeness (QED) is 0.797. The van der Waals surface area contributed by atoms with E-state index in [0.29, 0.717) is 0 Å². The summed E-state index contributed by atoms with van der Waals surface area (Å²) in [4.78, 5) is 0. The number of aryl methyl sites for hydroxylation is 1. The molecule has 0 saturated heterocycles. The molecule has 104 valence electrons. The van der Waals surface area contributed by atoms with E-state index >= 15 is 0 Å². The van der Waals surface area contributed by atoms with E-state index in [2.05, 4.69) is 5.32 Å². The Labute approximate surface area is 115 Å². The molecule has 0 aliphatic heterocycles. The van der Waals surface area contributed by atoms with Crippen LogP contribution in [0.25, 0.3) is 0 Å². The molecule has 2 aliphatic rings. The Morgan fingerprint density at radius 3 is 2.84 bits per heavy atom. The summed E-state index contributed by atoms with van der Waals surface area (Å²) in [5, 5.41) is 3.61. The van der Waals surface area contributed by atoms with Gasteiger partial charge in [0.15, 0.2) is 0 Å². The van der Waals surface area contributed by atoms with Gasteiger partial charge < -0.3 is 5.32 Å². The van der Waals surface area contributed by atoms with Gasteiger partial charge in [-0.3, -0.25) is 0 Å². The fourth-order valence-corrected chi connectivity index (χ4v) is 4.08. The van der Waals surface area contributed by atoms with Gasteiger partial charge in [-0.1, -0.05) is 12.5 Å². The lowest BCUT2D eigenvalue weighted by Crippen LogP contribution is -2.28. The predicted molar refractivity (Wildman–Crippen MR) is 76.6 cm³/mol. The van der Waals surface area contributed by atoms with Crippen molar-refractivity contribution in [2.75, 3.05) is 13.1 Å². The van der Waals surface area contributed by atoms with Crippen molar-refractivity contribution in [3.8, 4) is 0 Å². The molecule has 3 unspecified atom stereocenters. The van der Waals surface area contributed by atoms with Crippen molar-refractivity contribution >= 4 is 0 Å². The van der Waals surface area contributed by atoms with Crippen LogP contribution in [0.2, 0.25) is 0 Å². The van der Waals surface area contributed by atoms with Crippen LogP contribution in [0.5, 0.6) is 0 Å². The molecule has 19 heavy (non-hydrogen) atoms. The fraction of sp³-hybridized carbons (Fsp3) is 0.647. The van der Waals surface area contributed by atoms with Crippen molar-refractivity contribution in [3.63, 3.8) is 0 Å². The number of hydrogen-bond acceptors (Lipinski definition) is 1. The lowest BCUT2D eigenvalue weighted by atomic mass is 9.89. The second kappa shape index (κ2) is 5.62. The molecule has 1 nitrogen and oxygen atoms in total. The van der Waals surface area contributed by atoms with Gasteiger partial charge in [0.25, 0.3) is 0 Å². The lowest BCUT2D eigenvalue weighted by molar-refractivity contribution is 0.320. The maximum absolute atomic E-state index is 13.0. The first kappa shape index (κ1) is 13.1. The second-order valence-electron chi connectivity index (χ2n) is 6.46. The molecule has 2 fully saturated rings. The summed E-state index contributed by atoms with van der Waals surface area (Å²) in [5.41, 5.74) is 2.34. The van der Waals surface area contributed by atoms with E-state index in [4.69, 9.17) is 0 Å². The molecule has 1 aromatic carbocycles. The Hall–Kier alpha value is -0.890. The van der Waals surface area contributed by atoms with Crippen LogP contribution in [0.1, 0.15) is 36.8 Å². The van der Waals surface area contributed by atoms with Crippen LogP contribution in [0.15, 0.2) is 18.2 Å². The van der Waals surface area contributed by atoms with Crippen molar-refractivity contribution < 1.29 is 4.39 Å². The van der Waals surface area contributed by atoms with Crippen LogP contribution < -0.4 is 5.32 Å². The first-order valence-electron chi connectivity index (χ1n) is 7.68. The SMILES string of the molecule is Cc1cc(F)ccc1CCNCC1CC2CCC1C2. The Balaban J connectivity index is 1.41. The molecule has 2 bridgehead atoms. The summed E-state index contributed by atoms with van der Waals surface area (Å²) in [6, 6.07) is 5.12. The lowest BCUT2D eigenvalue weighted by Gasteiger charge is -2.22. The van der Waals surface area contributed by atoms with Gasteiger partial charge in [-0.15, -0.1) is 0 Å². The highest BCUT2D eigenvalue weighted by Crippen LogP contribution is 2.47. The summed E-state index contributed by atoms with van der Waals surface area (Å²) in [5.74, 6) is 2.84. The van der Waals surface area contributed by atoms with Crippen LogP contribution in [-0.2, 0) is 6.42 Å². The zero-order chi connectivity index (χ0) is 13.2. The highest BCUT2D eigenvalue weighted by molar-refractivity contribution is 5.26. The second-order valence-corrected chi connectivity index (χ2v) is 6.46. The van der Waals surface area contributed by atoms with Gasteiger partial charge in [0.1, 0.15) is 5.82 Å². The Morgan fingerprint density at radius 2 is 2.16 bits per heavy atom. The molecule has 0 spiro atoms. The van der Waals surface area contributed by atoms with E-state index in [1.807, 2.05) is 13.0 Å². The number of hydrogen-bond donors (Lipinski definition) is 1. The standard InChI is InChI=1S/C17H24FN/c1-12-8-17(18)5-4-14(12)6-7-19-11-16-10-13-2-3-15(16)9-13/h4-5,8,13,15-16,19H,2-3,6-7,9-11H2,1H3. The summed E-state index contributed by atoms with van der Waals surface area (Å²) in [6.07, 6.45) is 6.90. The molecule has 0 radical (unpaired) electrons. The zero-order valence-electron chi connectivity index (χ0n) is 11.8. The Bertz CT molecular complexity index is 443. The van der Waals surface area contributed by atoms with Crippen molar-refractivity contribution in [1.82, 2.24) is 5.32 Å². The van der Waals surface area contributed by atoms with Gasteiger partial charge in [0.05, 0.1) is 0 Å². The smallest absolute Gasteiger partial charge is 0.123 e. The molecule has 2 heteroatoms. The molecule has 3 rings (SSSR count). The minimum Gasteiger partial charge on any atom is -0.316 e. The molecular formula is C17H24FN. The molecule has 2 aliphatic carbocycles. The molecule has 1 N–H and O–H groups in total. The van der Waals surface area contributed by atoms with Gasteiger partial charge in [-0.25, -0.2) is 4.39 Å². The van der Waals surface area contributed by atoms with E-state index in [-0.39, 0.29) is 5.82 Å². The Kier molecular flexibility index (Phi) is 3.88. The molecule has 2 saturated carbocycles. The molecule has 1 aromatic rings. The predicted octanol–water partition coefficient (Wildman–Crippen LogP) is 3.70. The van der Waals surface area contributed by atoms with Crippen LogP contribution in [0, 0.1) is 30.5 Å². The monoisotopic (exact) mass is 261 g/mol.